The molecular formula is C13H14N2O2. The molecule has 0 fully saturated rings. The van der Waals surface area contributed by atoms with Crippen molar-refractivity contribution in [3.8, 4) is 11.8 Å². The van der Waals surface area contributed by atoms with Gasteiger partial charge in [0.15, 0.2) is 0 Å². The number of aromatic nitrogens is 2. The molecule has 0 aliphatic carbocycles. The number of aryl methyl sites for hydroxylation is 2. The minimum absolute atomic E-state index is 0.0656. The largest absolute Gasteiger partial charge is 0.424 e. The number of rotatable bonds is 3. The first kappa shape index (κ1) is 11.5. The molecular weight excluding hydrogens is 216 g/mol. The molecule has 0 unspecified atom stereocenters. The van der Waals surface area contributed by atoms with Crippen molar-refractivity contribution >= 4 is 0 Å². The third-order valence-electron chi connectivity index (χ3n) is 2.27. The molecule has 4 heteroatoms. The lowest BCUT2D eigenvalue weighted by atomic mass is 10.1. The van der Waals surface area contributed by atoms with Gasteiger partial charge in [0.2, 0.25) is 0 Å². The second-order valence-corrected chi connectivity index (χ2v) is 3.96. The SMILES string of the molecule is Cc1cc(C)cc(Oc2ncc(CO)cn2)c1. The fourth-order valence-corrected chi connectivity index (χ4v) is 1.57. The van der Waals surface area contributed by atoms with E-state index in [2.05, 4.69) is 16.0 Å². The molecule has 0 bridgehead atoms. The predicted molar refractivity (Wildman–Crippen MR) is 63.9 cm³/mol. The molecule has 1 heterocycles. The summed E-state index contributed by atoms with van der Waals surface area (Å²) in [6.07, 6.45) is 3.09. The molecule has 0 amide bonds. The van der Waals surface area contributed by atoms with Crippen molar-refractivity contribution in [3.63, 3.8) is 0 Å². The van der Waals surface area contributed by atoms with Crippen molar-refractivity contribution in [2.45, 2.75) is 20.5 Å². The molecule has 0 aliphatic rings. The van der Waals surface area contributed by atoms with E-state index in [0.717, 1.165) is 16.9 Å². The van der Waals surface area contributed by atoms with Gasteiger partial charge in [-0.2, -0.15) is 0 Å². The molecule has 4 nitrogen and oxygen atoms in total. The fourth-order valence-electron chi connectivity index (χ4n) is 1.57. The second kappa shape index (κ2) is 4.93. The normalized spacial score (nSPS) is 10.3. The van der Waals surface area contributed by atoms with Gasteiger partial charge in [-0.25, -0.2) is 9.97 Å². The first-order valence-corrected chi connectivity index (χ1v) is 5.35. The Morgan fingerprint density at radius 2 is 1.65 bits per heavy atom. The lowest BCUT2D eigenvalue weighted by molar-refractivity contribution is 0.280. The highest BCUT2D eigenvalue weighted by Gasteiger charge is 2.02. The predicted octanol–water partition coefficient (Wildman–Crippen LogP) is 2.38. The number of benzene rings is 1. The van der Waals surface area contributed by atoms with Crippen LogP contribution >= 0.6 is 0 Å². The average molecular weight is 230 g/mol. The molecule has 1 aromatic heterocycles. The van der Waals surface area contributed by atoms with Crippen molar-refractivity contribution in [1.29, 1.82) is 0 Å². The van der Waals surface area contributed by atoms with Crippen LogP contribution in [0.1, 0.15) is 16.7 Å². The van der Waals surface area contributed by atoms with E-state index in [4.69, 9.17) is 9.84 Å². The summed E-state index contributed by atoms with van der Waals surface area (Å²) in [4.78, 5) is 8.02. The van der Waals surface area contributed by atoms with Gasteiger partial charge in [0.1, 0.15) is 5.75 Å². The standard InChI is InChI=1S/C13H14N2O2/c1-9-3-10(2)5-12(4-9)17-13-14-6-11(8-16)7-15-13/h3-7,16H,8H2,1-2H3. The van der Waals surface area contributed by atoms with E-state index in [-0.39, 0.29) is 12.6 Å². The summed E-state index contributed by atoms with van der Waals surface area (Å²) in [7, 11) is 0. The number of hydrogen-bond donors (Lipinski definition) is 1. The van der Waals surface area contributed by atoms with Crippen LogP contribution in [0.3, 0.4) is 0 Å². The fraction of sp³-hybridized carbons (Fsp3) is 0.231. The van der Waals surface area contributed by atoms with Crippen molar-refractivity contribution in [2.24, 2.45) is 0 Å². The monoisotopic (exact) mass is 230 g/mol. The molecule has 2 rings (SSSR count). The lowest BCUT2D eigenvalue weighted by Crippen LogP contribution is -1.94. The zero-order valence-electron chi connectivity index (χ0n) is 9.84. The van der Waals surface area contributed by atoms with Crippen LogP contribution in [0.25, 0.3) is 0 Å². The van der Waals surface area contributed by atoms with Gasteiger partial charge in [0.25, 0.3) is 0 Å². The van der Waals surface area contributed by atoms with Gasteiger partial charge in [-0.05, 0) is 37.1 Å². The number of ether oxygens (including phenoxy) is 1. The van der Waals surface area contributed by atoms with Crippen molar-refractivity contribution in [3.05, 3.63) is 47.3 Å². The molecule has 88 valence electrons. The Labute approximate surface area is 99.9 Å². The molecule has 2 aromatic rings. The van der Waals surface area contributed by atoms with Crippen molar-refractivity contribution < 1.29 is 9.84 Å². The van der Waals surface area contributed by atoms with Crippen LogP contribution in [0.5, 0.6) is 11.8 Å². The third kappa shape index (κ3) is 3.01. The molecule has 0 saturated heterocycles. The average Bonchev–Trinajstić information content (AvgIpc) is 2.28. The number of aliphatic hydroxyl groups excluding tert-OH is 1. The van der Waals surface area contributed by atoms with Crippen LogP contribution in [0.15, 0.2) is 30.6 Å². The van der Waals surface area contributed by atoms with Crippen LogP contribution in [0.4, 0.5) is 0 Å². The molecule has 0 saturated carbocycles. The van der Waals surface area contributed by atoms with Gasteiger partial charge in [-0.3, -0.25) is 0 Å². The second-order valence-electron chi connectivity index (χ2n) is 3.96. The number of nitrogens with zero attached hydrogens (tertiary/aromatic N) is 2. The first-order chi connectivity index (χ1) is 8.17. The summed E-state index contributed by atoms with van der Waals surface area (Å²) in [6.45, 7) is 3.95. The van der Waals surface area contributed by atoms with E-state index in [1.807, 2.05) is 26.0 Å². The van der Waals surface area contributed by atoms with Crippen molar-refractivity contribution in [2.75, 3.05) is 0 Å². The number of hydrogen-bond acceptors (Lipinski definition) is 4. The minimum atomic E-state index is -0.0656. The van der Waals surface area contributed by atoms with Gasteiger partial charge in [0, 0.05) is 18.0 Å². The van der Waals surface area contributed by atoms with Crippen molar-refractivity contribution in [1.82, 2.24) is 9.97 Å². The highest BCUT2D eigenvalue weighted by molar-refractivity contribution is 5.34. The Kier molecular flexibility index (Phi) is 3.35. The van der Waals surface area contributed by atoms with E-state index in [0.29, 0.717) is 5.56 Å². The summed E-state index contributed by atoms with van der Waals surface area (Å²) in [6, 6.07) is 6.21. The Balaban J connectivity index is 2.19. The zero-order chi connectivity index (χ0) is 12.3. The van der Waals surface area contributed by atoms with E-state index >= 15 is 0 Å². The molecule has 0 aliphatic heterocycles. The Bertz CT molecular complexity index is 489. The quantitative estimate of drug-likeness (QED) is 0.879. The van der Waals surface area contributed by atoms with E-state index in [9.17, 15) is 0 Å². The molecule has 0 spiro atoms. The summed E-state index contributed by atoms with van der Waals surface area (Å²) in [5.74, 6) is 0.722. The van der Waals surface area contributed by atoms with Crippen LogP contribution in [0.2, 0.25) is 0 Å². The summed E-state index contributed by atoms with van der Waals surface area (Å²) in [5.41, 5.74) is 2.93. The Morgan fingerprint density at radius 3 is 2.18 bits per heavy atom. The first-order valence-electron chi connectivity index (χ1n) is 5.35. The van der Waals surface area contributed by atoms with Crippen LogP contribution in [-0.4, -0.2) is 15.1 Å². The van der Waals surface area contributed by atoms with Gasteiger partial charge in [-0.15, -0.1) is 0 Å². The Morgan fingerprint density at radius 1 is 1.06 bits per heavy atom. The Hall–Kier alpha value is -1.94. The molecule has 1 aromatic carbocycles. The zero-order valence-corrected chi connectivity index (χ0v) is 9.84. The smallest absolute Gasteiger partial charge is 0.321 e. The minimum Gasteiger partial charge on any atom is -0.424 e. The summed E-state index contributed by atoms with van der Waals surface area (Å²) in [5, 5.41) is 8.87. The molecule has 17 heavy (non-hydrogen) atoms. The van der Waals surface area contributed by atoms with Gasteiger partial charge >= 0.3 is 6.01 Å². The highest BCUT2D eigenvalue weighted by Crippen LogP contribution is 2.20. The summed E-state index contributed by atoms with van der Waals surface area (Å²) < 4.78 is 5.54. The maximum atomic E-state index is 8.87. The van der Waals surface area contributed by atoms with E-state index in [1.165, 1.54) is 0 Å². The van der Waals surface area contributed by atoms with Gasteiger partial charge < -0.3 is 9.84 Å². The lowest BCUT2D eigenvalue weighted by Gasteiger charge is -2.06. The van der Waals surface area contributed by atoms with Gasteiger partial charge in [0.05, 0.1) is 6.61 Å². The molecule has 1 N–H and O–H groups in total. The van der Waals surface area contributed by atoms with E-state index < -0.39 is 0 Å². The van der Waals surface area contributed by atoms with Crippen LogP contribution < -0.4 is 4.74 Å². The maximum absolute atomic E-state index is 8.87. The van der Waals surface area contributed by atoms with Crippen LogP contribution in [0, 0.1) is 13.8 Å². The van der Waals surface area contributed by atoms with Crippen LogP contribution in [-0.2, 0) is 6.61 Å². The topological polar surface area (TPSA) is 55.2 Å². The molecule has 0 radical (unpaired) electrons. The maximum Gasteiger partial charge on any atom is 0.321 e. The third-order valence-corrected chi connectivity index (χ3v) is 2.27. The number of aliphatic hydroxyl groups is 1. The molecule has 0 atom stereocenters. The van der Waals surface area contributed by atoms with E-state index in [1.54, 1.807) is 12.4 Å². The summed E-state index contributed by atoms with van der Waals surface area (Å²) >= 11 is 0. The highest BCUT2D eigenvalue weighted by atomic mass is 16.5. The van der Waals surface area contributed by atoms with Gasteiger partial charge in [-0.1, -0.05) is 6.07 Å².